The quantitative estimate of drug-likeness (QED) is 0.710. The molecule has 0 aromatic heterocycles. The van der Waals surface area contributed by atoms with E-state index < -0.39 is 17.6 Å². The summed E-state index contributed by atoms with van der Waals surface area (Å²) in [5.74, 6) is -0.665. The highest BCUT2D eigenvalue weighted by molar-refractivity contribution is 9.10. The second kappa shape index (κ2) is 6.80. The highest BCUT2D eigenvalue weighted by Gasteiger charge is 2.36. The Balaban J connectivity index is 3.04. The molecular formula is C13H14BrClF3NO. The normalized spacial score (nSPS) is 13.2. The fourth-order valence-corrected chi connectivity index (χ4v) is 2.07. The molecule has 2 nitrogen and oxygen atoms in total. The van der Waals surface area contributed by atoms with Crippen molar-refractivity contribution in [3.63, 3.8) is 0 Å². The lowest BCUT2D eigenvalue weighted by Crippen LogP contribution is -2.30. The van der Waals surface area contributed by atoms with Crippen molar-refractivity contribution < 1.29 is 18.0 Å². The van der Waals surface area contributed by atoms with Gasteiger partial charge in [0.25, 0.3) is 5.91 Å². The minimum Gasteiger partial charge on any atom is -0.342 e. The molecule has 20 heavy (non-hydrogen) atoms. The highest BCUT2D eigenvalue weighted by Crippen LogP contribution is 2.34. The predicted octanol–water partition coefficient (Wildman–Crippen LogP) is 4.56. The minimum atomic E-state index is -4.57. The van der Waals surface area contributed by atoms with Gasteiger partial charge in [-0.2, -0.15) is 13.2 Å². The van der Waals surface area contributed by atoms with Gasteiger partial charge in [0, 0.05) is 23.4 Å². The summed E-state index contributed by atoms with van der Waals surface area (Å²) in [7, 11) is 1.46. The SMILES string of the molecule is CC(Cl)CCN(C)C(=O)c1ccc(Br)cc1C(F)(F)F. The highest BCUT2D eigenvalue weighted by atomic mass is 79.9. The maximum absolute atomic E-state index is 13.0. The van der Waals surface area contributed by atoms with Gasteiger partial charge in [-0.05, 0) is 31.5 Å². The van der Waals surface area contributed by atoms with Crippen LogP contribution in [0, 0.1) is 0 Å². The molecule has 0 bridgehead atoms. The molecule has 7 heteroatoms. The van der Waals surface area contributed by atoms with Crippen LogP contribution >= 0.6 is 27.5 Å². The van der Waals surface area contributed by atoms with Gasteiger partial charge in [-0.1, -0.05) is 15.9 Å². The second-order valence-electron chi connectivity index (χ2n) is 4.48. The third-order valence-electron chi connectivity index (χ3n) is 2.73. The largest absolute Gasteiger partial charge is 0.417 e. The zero-order chi connectivity index (χ0) is 15.5. The van der Waals surface area contributed by atoms with E-state index in [0.717, 1.165) is 6.07 Å². The van der Waals surface area contributed by atoms with Crippen LogP contribution in [0.25, 0.3) is 0 Å². The van der Waals surface area contributed by atoms with Crippen LogP contribution in [0.15, 0.2) is 22.7 Å². The molecule has 1 aromatic carbocycles. The monoisotopic (exact) mass is 371 g/mol. The molecular weight excluding hydrogens is 358 g/mol. The molecule has 1 rings (SSSR count). The van der Waals surface area contributed by atoms with Crippen molar-refractivity contribution in [3.8, 4) is 0 Å². The van der Waals surface area contributed by atoms with Gasteiger partial charge in [-0.15, -0.1) is 11.6 Å². The lowest BCUT2D eigenvalue weighted by molar-refractivity contribution is -0.138. The number of hydrogen-bond donors (Lipinski definition) is 0. The number of carbonyl (C=O) groups excluding carboxylic acids is 1. The first-order chi connectivity index (χ1) is 9.12. The molecule has 0 spiro atoms. The molecule has 112 valence electrons. The minimum absolute atomic E-state index is 0.141. The van der Waals surface area contributed by atoms with E-state index in [4.69, 9.17) is 11.6 Å². The van der Waals surface area contributed by atoms with E-state index in [1.54, 1.807) is 6.92 Å². The summed E-state index contributed by atoms with van der Waals surface area (Å²) in [5, 5.41) is -0.141. The third-order valence-corrected chi connectivity index (χ3v) is 3.44. The van der Waals surface area contributed by atoms with Crippen LogP contribution in [-0.2, 0) is 6.18 Å². The summed E-state index contributed by atoms with van der Waals surface area (Å²) in [6.45, 7) is 2.07. The van der Waals surface area contributed by atoms with Crippen LogP contribution in [-0.4, -0.2) is 29.8 Å². The first-order valence-corrected chi connectivity index (χ1v) is 7.12. The Bertz CT molecular complexity index is 491. The number of nitrogens with zero attached hydrogens (tertiary/aromatic N) is 1. The predicted molar refractivity (Wildman–Crippen MR) is 76.0 cm³/mol. The molecule has 0 aliphatic heterocycles. The number of carbonyl (C=O) groups is 1. The molecule has 0 aliphatic carbocycles. The van der Waals surface area contributed by atoms with Crippen molar-refractivity contribution in [2.75, 3.05) is 13.6 Å². The van der Waals surface area contributed by atoms with Crippen LogP contribution in [0.4, 0.5) is 13.2 Å². The molecule has 0 N–H and O–H groups in total. The van der Waals surface area contributed by atoms with Crippen molar-refractivity contribution >= 4 is 33.4 Å². The number of amides is 1. The van der Waals surface area contributed by atoms with Gasteiger partial charge < -0.3 is 4.90 Å². The maximum atomic E-state index is 13.0. The standard InChI is InChI=1S/C13H14BrClF3NO/c1-8(15)5-6-19(2)12(20)10-4-3-9(14)7-11(10)13(16,17)18/h3-4,7-8H,5-6H2,1-2H3. The van der Waals surface area contributed by atoms with Crippen molar-refractivity contribution in [3.05, 3.63) is 33.8 Å². The summed E-state index contributed by atoms with van der Waals surface area (Å²) in [5.41, 5.74) is -1.30. The Labute approximate surface area is 129 Å². The Hall–Kier alpha value is -0.750. The zero-order valence-corrected chi connectivity index (χ0v) is 13.3. The summed E-state index contributed by atoms with van der Waals surface area (Å²) >= 11 is 8.76. The van der Waals surface area contributed by atoms with E-state index in [9.17, 15) is 18.0 Å². The molecule has 0 fully saturated rings. The van der Waals surface area contributed by atoms with Gasteiger partial charge in [-0.25, -0.2) is 0 Å². The smallest absolute Gasteiger partial charge is 0.342 e. The van der Waals surface area contributed by atoms with Crippen LogP contribution in [0.2, 0.25) is 0 Å². The van der Waals surface area contributed by atoms with Crippen molar-refractivity contribution in [1.29, 1.82) is 0 Å². The molecule has 1 atom stereocenters. The van der Waals surface area contributed by atoms with E-state index in [1.807, 2.05) is 0 Å². The lowest BCUT2D eigenvalue weighted by atomic mass is 10.1. The van der Waals surface area contributed by atoms with E-state index in [0.29, 0.717) is 13.0 Å². The van der Waals surface area contributed by atoms with Gasteiger partial charge in [-0.3, -0.25) is 4.79 Å². The molecule has 1 amide bonds. The van der Waals surface area contributed by atoms with Crippen molar-refractivity contribution in [2.45, 2.75) is 24.9 Å². The molecule has 1 aromatic rings. The van der Waals surface area contributed by atoms with E-state index in [2.05, 4.69) is 15.9 Å². The van der Waals surface area contributed by atoms with E-state index in [1.165, 1.54) is 24.1 Å². The number of halogens is 5. The molecule has 0 heterocycles. The van der Waals surface area contributed by atoms with E-state index >= 15 is 0 Å². The van der Waals surface area contributed by atoms with Crippen molar-refractivity contribution in [2.24, 2.45) is 0 Å². The molecule has 0 saturated heterocycles. The fraction of sp³-hybridized carbons (Fsp3) is 0.462. The van der Waals surface area contributed by atoms with Crippen LogP contribution in [0.3, 0.4) is 0 Å². The number of hydrogen-bond acceptors (Lipinski definition) is 1. The lowest BCUT2D eigenvalue weighted by Gasteiger charge is -2.20. The Morgan fingerprint density at radius 2 is 2.05 bits per heavy atom. The van der Waals surface area contributed by atoms with Gasteiger partial charge in [0.15, 0.2) is 0 Å². The maximum Gasteiger partial charge on any atom is 0.417 e. The molecule has 0 radical (unpaired) electrons. The molecule has 0 aliphatic rings. The molecule has 0 saturated carbocycles. The Morgan fingerprint density at radius 3 is 2.55 bits per heavy atom. The molecule has 1 unspecified atom stereocenters. The summed E-state index contributed by atoms with van der Waals surface area (Å²) < 4.78 is 39.1. The summed E-state index contributed by atoms with van der Waals surface area (Å²) in [6, 6.07) is 3.50. The first kappa shape index (κ1) is 17.3. The van der Waals surface area contributed by atoms with Crippen molar-refractivity contribution in [1.82, 2.24) is 4.90 Å². The Morgan fingerprint density at radius 1 is 1.45 bits per heavy atom. The van der Waals surface area contributed by atoms with Gasteiger partial charge in [0.2, 0.25) is 0 Å². The average Bonchev–Trinajstić information content (AvgIpc) is 2.33. The first-order valence-electron chi connectivity index (χ1n) is 5.89. The van der Waals surface area contributed by atoms with Gasteiger partial charge in [0.05, 0.1) is 11.1 Å². The Kier molecular flexibility index (Phi) is 5.89. The summed E-state index contributed by atoms with van der Waals surface area (Å²) in [4.78, 5) is 13.4. The zero-order valence-electron chi connectivity index (χ0n) is 11.0. The fourth-order valence-electron chi connectivity index (χ4n) is 1.62. The average molecular weight is 373 g/mol. The van der Waals surface area contributed by atoms with E-state index in [-0.39, 0.29) is 15.4 Å². The van der Waals surface area contributed by atoms with Gasteiger partial charge in [0.1, 0.15) is 0 Å². The van der Waals surface area contributed by atoms with Gasteiger partial charge >= 0.3 is 6.18 Å². The van der Waals surface area contributed by atoms with Crippen LogP contribution in [0.1, 0.15) is 29.3 Å². The third kappa shape index (κ3) is 4.66. The second-order valence-corrected chi connectivity index (χ2v) is 6.14. The van der Waals surface area contributed by atoms with Crippen LogP contribution in [0.5, 0.6) is 0 Å². The summed E-state index contributed by atoms with van der Waals surface area (Å²) in [6.07, 6.45) is -4.06. The number of alkyl halides is 4. The van der Waals surface area contributed by atoms with Crippen LogP contribution < -0.4 is 0 Å². The topological polar surface area (TPSA) is 20.3 Å². The number of benzene rings is 1. The number of rotatable bonds is 4.